The highest BCUT2D eigenvalue weighted by molar-refractivity contribution is 7.76. The second-order valence-corrected chi connectivity index (χ2v) is 4.27. The fraction of sp³-hybridized carbons (Fsp3) is 0.600. The van der Waals surface area contributed by atoms with Crippen molar-refractivity contribution in [1.29, 1.82) is 0 Å². The molecule has 1 amide bonds. The summed E-state index contributed by atoms with van der Waals surface area (Å²) < 4.78 is 0. The Hall–Kier alpha value is -0.590. The number of nitrogens with zero attached hydrogens (tertiary/aromatic N) is 2. The van der Waals surface area contributed by atoms with E-state index in [1.165, 1.54) is 0 Å². The lowest BCUT2D eigenvalue weighted by Crippen LogP contribution is -2.27. The van der Waals surface area contributed by atoms with Crippen molar-refractivity contribution in [2.75, 3.05) is 0 Å². The summed E-state index contributed by atoms with van der Waals surface area (Å²) in [5.74, 6) is 0. The highest BCUT2D eigenvalue weighted by Gasteiger charge is 2.43. The monoisotopic (exact) mass is 209 g/mol. The molecule has 13 heavy (non-hydrogen) atoms. The van der Waals surface area contributed by atoms with E-state index in [1.807, 2.05) is 0 Å². The summed E-state index contributed by atoms with van der Waals surface area (Å²) in [6, 6.07) is 0. The van der Waals surface area contributed by atoms with E-state index in [4.69, 9.17) is 19.9 Å². The summed E-state index contributed by atoms with van der Waals surface area (Å²) >= 11 is 0. The zero-order valence-electron chi connectivity index (χ0n) is 6.61. The molecule has 74 valence electrons. The molecule has 0 spiro atoms. The molecule has 0 fully saturated rings. The number of aliphatic imine (C=N–C) groups is 1. The van der Waals surface area contributed by atoms with Gasteiger partial charge in [0.1, 0.15) is 0 Å². The molecule has 0 radical (unpaired) electrons. The van der Waals surface area contributed by atoms with E-state index in [-0.39, 0.29) is 24.7 Å². The number of carbonyl (C=O) groups is 1. The van der Waals surface area contributed by atoms with Crippen molar-refractivity contribution >= 4 is 19.8 Å². The highest BCUT2D eigenvalue weighted by atomic mass is 31.2. The van der Waals surface area contributed by atoms with Crippen LogP contribution in [0.4, 0.5) is 0 Å². The van der Waals surface area contributed by atoms with Crippen LogP contribution >= 0.6 is 7.94 Å². The Morgan fingerprint density at radius 2 is 2.15 bits per heavy atom. The van der Waals surface area contributed by atoms with E-state index < -0.39 is 14.1 Å². The third-order valence-electron chi connectivity index (χ3n) is 1.68. The van der Waals surface area contributed by atoms with Crippen LogP contribution in [-0.2, 0) is 4.79 Å². The van der Waals surface area contributed by atoms with Crippen LogP contribution in [0.1, 0.15) is 12.8 Å². The third kappa shape index (κ3) is 2.43. The third-order valence-corrected chi connectivity index (χ3v) is 2.72. The molecule has 1 aliphatic rings. The molecular weight excluding hydrogens is 199 g/mol. The van der Waals surface area contributed by atoms with Crippen molar-refractivity contribution in [3.63, 3.8) is 0 Å². The summed E-state index contributed by atoms with van der Waals surface area (Å²) in [6.07, 6.45) is -0.220. The molecular formula is C5H10N2O5P+. The molecule has 0 aromatic heterocycles. The average Bonchev–Trinajstić information content (AvgIpc) is 2.50. The Morgan fingerprint density at radius 1 is 1.54 bits per heavy atom. The topological polar surface area (TPSA) is 114 Å². The Kier molecular flexibility index (Phi) is 2.94. The number of carbonyl (C=O) groups excluding carboxylic acids is 1. The van der Waals surface area contributed by atoms with Gasteiger partial charge in [0, 0.05) is 6.42 Å². The maximum absolute atomic E-state index is 10.1. The first-order valence-electron chi connectivity index (χ1n) is 3.52. The summed E-state index contributed by atoms with van der Waals surface area (Å²) in [4.78, 5) is 40.0. The maximum atomic E-state index is 10.1. The highest BCUT2D eigenvalue weighted by Crippen LogP contribution is 2.50. The molecule has 7 nitrogen and oxygen atoms in total. The minimum absolute atomic E-state index is 0.154. The largest absolute Gasteiger partial charge is 0.456 e. The van der Waals surface area contributed by atoms with Gasteiger partial charge in [-0.2, -0.15) is 14.7 Å². The van der Waals surface area contributed by atoms with Gasteiger partial charge < -0.3 is 0 Å². The van der Waals surface area contributed by atoms with E-state index in [1.54, 1.807) is 0 Å². The van der Waals surface area contributed by atoms with Gasteiger partial charge in [-0.1, -0.05) is 0 Å². The molecule has 1 aliphatic heterocycles. The predicted molar refractivity (Wildman–Crippen MR) is 43.7 cm³/mol. The number of rotatable bonds is 3. The Bertz CT molecular complexity index is 238. The van der Waals surface area contributed by atoms with Crippen LogP contribution in [0.15, 0.2) is 4.99 Å². The van der Waals surface area contributed by atoms with E-state index in [2.05, 4.69) is 4.99 Å². The average molecular weight is 209 g/mol. The van der Waals surface area contributed by atoms with Gasteiger partial charge in [-0.05, 0) is 6.42 Å². The predicted octanol–water partition coefficient (Wildman–Crippen LogP) is -0.908. The fourth-order valence-corrected chi connectivity index (χ4v) is 1.77. The number of hydrogen-bond acceptors (Lipinski definition) is 6. The van der Waals surface area contributed by atoms with E-state index in [0.29, 0.717) is 5.06 Å². The summed E-state index contributed by atoms with van der Waals surface area (Å²) in [5, 5.41) is 9.19. The van der Waals surface area contributed by atoms with Crippen LogP contribution in [0.5, 0.6) is 0 Å². The van der Waals surface area contributed by atoms with Crippen LogP contribution in [0.25, 0.3) is 0 Å². The maximum Gasteiger partial charge on any atom is 0.456 e. The molecule has 1 atom stereocenters. The van der Waals surface area contributed by atoms with Crippen molar-refractivity contribution in [1.82, 2.24) is 5.06 Å². The van der Waals surface area contributed by atoms with Crippen LogP contribution in [0.2, 0.25) is 0 Å². The van der Waals surface area contributed by atoms with E-state index >= 15 is 0 Å². The fourth-order valence-electron chi connectivity index (χ4n) is 1.05. The first-order valence-corrected chi connectivity index (χ1v) is 5.17. The van der Waals surface area contributed by atoms with Gasteiger partial charge in [0.2, 0.25) is 11.9 Å². The molecule has 0 saturated carbocycles. The SMILES string of the molecule is O=CN(O)C1CCC([P+](O)(O)O)=N1. The van der Waals surface area contributed by atoms with Gasteiger partial charge in [0.15, 0.2) is 6.17 Å². The zero-order valence-corrected chi connectivity index (χ0v) is 7.50. The Labute approximate surface area is 74.5 Å². The molecule has 1 unspecified atom stereocenters. The molecule has 0 aromatic rings. The van der Waals surface area contributed by atoms with Crippen molar-refractivity contribution in [2.24, 2.45) is 4.99 Å². The first kappa shape index (κ1) is 10.5. The molecule has 0 aliphatic carbocycles. The Balaban J connectivity index is 2.69. The van der Waals surface area contributed by atoms with E-state index in [0.717, 1.165) is 0 Å². The van der Waals surface area contributed by atoms with Gasteiger partial charge in [-0.25, -0.2) is 10.1 Å². The Morgan fingerprint density at radius 3 is 2.54 bits per heavy atom. The lowest BCUT2D eigenvalue weighted by Gasteiger charge is -2.12. The minimum atomic E-state index is -4.05. The zero-order chi connectivity index (χ0) is 10.1. The van der Waals surface area contributed by atoms with Crippen LogP contribution in [0, 0.1) is 0 Å². The second-order valence-electron chi connectivity index (χ2n) is 2.62. The minimum Gasteiger partial charge on any atom is -0.284 e. The lowest BCUT2D eigenvalue weighted by atomic mass is 10.3. The normalized spacial score (nSPS) is 22.8. The summed E-state index contributed by atoms with van der Waals surface area (Å²) in [5.41, 5.74) is -0.154. The van der Waals surface area contributed by atoms with Crippen molar-refractivity contribution in [2.45, 2.75) is 19.0 Å². The molecule has 0 saturated heterocycles. The van der Waals surface area contributed by atoms with Gasteiger partial charge >= 0.3 is 7.94 Å². The second kappa shape index (κ2) is 3.65. The van der Waals surface area contributed by atoms with Crippen molar-refractivity contribution < 1.29 is 24.7 Å². The standard InChI is InChI=1S/C5H10N2O5P/c8-3-7(9)4-1-2-5(6-4)13(10,11)12/h3-4,9-12H,1-2H2/q+1. The van der Waals surface area contributed by atoms with Crippen molar-refractivity contribution in [3.05, 3.63) is 0 Å². The van der Waals surface area contributed by atoms with Crippen LogP contribution in [0.3, 0.4) is 0 Å². The van der Waals surface area contributed by atoms with Gasteiger partial charge in [-0.15, -0.1) is 0 Å². The number of hydrogen-bond donors (Lipinski definition) is 4. The summed E-state index contributed by atoms with van der Waals surface area (Å²) in [6.45, 7) is 0. The smallest absolute Gasteiger partial charge is 0.284 e. The van der Waals surface area contributed by atoms with Gasteiger partial charge in [0.05, 0.1) is 0 Å². The van der Waals surface area contributed by atoms with Crippen LogP contribution in [-0.4, -0.2) is 43.0 Å². The first-order chi connectivity index (χ1) is 5.95. The quantitative estimate of drug-likeness (QED) is 0.208. The van der Waals surface area contributed by atoms with Crippen molar-refractivity contribution in [3.8, 4) is 0 Å². The number of hydroxylamine groups is 2. The summed E-state index contributed by atoms with van der Waals surface area (Å²) in [7, 11) is -4.05. The number of amides is 1. The molecule has 1 heterocycles. The molecule has 4 N–H and O–H groups in total. The molecule has 8 heteroatoms. The van der Waals surface area contributed by atoms with E-state index in [9.17, 15) is 4.79 Å². The molecule has 1 rings (SSSR count). The van der Waals surface area contributed by atoms with Gasteiger partial charge in [-0.3, -0.25) is 10.0 Å². The molecule has 0 aromatic carbocycles. The lowest BCUT2D eigenvalue weighted by molar-refractivity contribution is -0.159. The van der Waals surface area contributed by atoms with Crippen LogP contribution < -0.4 is 0 Å². The molecule has 0 bridgehead atoms. The van der Waals surface area contributed by atoms with Gasteiger partial charge in [0.25, 0.3) is 0 Å².